The van der Waals surface area contributed by atoms with Crippen LogP contribution in [-0.4, -0.2) is 49.1 Å². The number of pyridine rings is 1. The zero-order valence-corrected chi connectivity index (χ0v) is 14.4. The second kappa shape index (κ2) is 7.36. The van der Waals surface area contributed by atoms with Crippen molar-refractivity contribution in [3.63, 3.8) is 0 Å². The summed E-state index contributed by atoms with van der Waals surface area (Å²) in [6.07, 6.45) is 1.71. The van der Waals surface area contributed by atoms with Crippen LogP contribution in [0.5, 0.6) is 0 Å². The molecule has 130 valence electrons. The highest BCUT2D eigenvalue weighted by molar-refractivity contribution is 5.90. The van der Waals surface area contributed by atoms with Crippen LogP contribution in [0.2, 0.25) is 0 Å². The van der Waals surface area contributed by atoms with E-state index in [1.807, 2.05) is 0 Å². The van der Waals surface area contributed by atoms with E-state index in [0.717, 1.165) is 37.8 Å². The third-order valence-electron chi connectivity index (χ3n) is 4.33. The molecule has 0 bridgehead atoms. The number of nitriles is 1. The van der Waals surface area contributed by atoms with E-state index in [0.29, 0.717) is 23.4 Å². The summed E-state index contributed by atoms with van der Waals surface area (Å²) in [5.41, 5.74) is 1.07. The Labute approximate surface area is 146 Å². The van der Waals surface area contributed by atoms with Gasteiger partial charge in [-0.1, -0.05) is 0 Å². The van der Waals surface area contributed by atoms with E-state index in [1.54, 1.807) is 31.3 Å². The molecule has 0 radical (unpaired) electrons. The summed E-state index contributed by atoms with van der Waals surface area (Å²) in [5, 5.41) is 9.21. The lowest BCUT2D eigenvalue weighted by molar-refractivity contribution is 0.0599. The van der Waals surface area contributed by atoms with Crippen LogP contribution in [0.25, 0.3) is 0 Å². The van der Waals surface area contributed by atoms with Crippen LogP contribution in [0.1, 0.15) is 27.4 Å². The molecule has 0 unspecified atom stereocenters. The minimum Gasteiger partial charge on any atom is -0.465 e. The average molecular weight is 340 g/mol. The molecular weight excluding hydrogens is 320 g/mol. The topological polar surface area (TPSA) is 82.6 Å². The first-order valence-electron chi connectivity index (χ1n) is 8.12. The number of ether oxygens (including phenoxy) is 1. The van der Waals surface area contributed by atoms with Crippen LogP contribution in [0.4, 0.5) is 5.82 Å². The summed E-state index contributed by atoms with van der Waals surface area (Å²) >= 11 is 0. The number of carbonyl (C=O) groups excluding carboxylic acids is 1. The summed E-state index contributed by atoms with van der Waals surface area (Å²) in [5.74, 6) is 1.69. The van der Waals surface area contributed by atoms with E-state index in [1.165, 1.54) is 7.11 Å². The van der Waals surface area contributed by atoms with Crippen LogP contribution in [0, 0.1) is 18.3 Å². The molecule has 0 amide bonds. The summed E-state index contributed by atoms with van der Waals surface area (Å²) < 4.78 is 10.4. The minimum atomic E-state index is -0.378. The normalized spacial score (nSPS) is 15.0. The van der Waals surface area contributed by atoms with Gasteiger partial charge in [-0.05, 0) is 25.1 Å². The van der Waals surface area contributed by atoms with Gasteiger partial charge in [0, 0.05) is 32.4 Å². The maximum atomic E-state index is 11.7. The second-order valence-corrected chi connectivity index (χ2v) is 5.92. The van der Waals surface area contributed by atoms with Gasteiger partial charge >= 0.3 is 5.97 Å². The zero-order chi connectivity index (χ0) is 17.8. The first-order valence-corrected chi connectivity index (χ1v) is 8.12. The van der Waals surface area contributed by atoms with Crippen molar-refractivity contribution in [3.05, 3.63) is 47.0 Å². The Morgan fingerprint density at radius 1 is 1.40 bits per heavy atom. The lowest BCUT2D eigenvalue weighted by Gasteiger charge is -2.35. The highest BCUT2D eigenvalue weighted by Crippen LogP contribution is 2.21. The first kappa shape index (κ1) is 17.0. The number of esters is 1. The Hall–Kier alpha value is -2.85. The number of anilines is 1. The molecule has 0 aromatic carbocycles. The predicted octanol–water partition coefficient (Wildman–Crippen LogP) is 1.96. The number of aromatic nitrogens is 1. The lowest BCUT2D eigenvalue weighted by atomic mass is 10.2. The van der Waals surface area contributed by atoms with E-state index in [9.17, 15) is 10.1 Å². The van der Waals surface area contributed by atoms with Gasteiger partial charge in [-0.15, -0.1) is 0 Å². The molecule has 3 rings (SSSR count). The van der Waals surface area contributed by atoms with Crippen molar-refractivity contribution in [2.45, 2.75) is 13.5 Å². The molecule has 0 spiro atoms. The van der Waals surface area contributed by atoms with Crippen molar-refractivity contribution in [1.82, 2.24) is 9.88 Å². The van der Waals surface area contributed by atoms with Crippen molar-refractivity contribution >= 4 is 11.8 Å². The summed E-state index contributed by atoms with van der Waals surface area (Å²) in [4.78, 5) is 20.4. The van der Waals surface area contributed by atoms with Crippen LogP contribution < -0.4 is 4.90 Å². The standard InChI is InChI=1S/C18H20N4O3/c1-13-16(18(23)24-2)10-15(25-13)12-21-6-8-22(9-7-21)17-14(11-19)4-3-5-20-17/h3-5,10H,6-9,12H2,1-2H3. The predicted molar refractivity (Wildman–Crippen MR) is 91.2 cm³/mol. The molecule has 7 heteroatoms. The van der Waals surface area contributed by atoms with Crippen LogP contribution >= 0.6 is 0 Å². The fourth-order valence-electron chi connectivity index (χ4n) is 3.01. The molecule has 3 heterocycles. The highest BCUT2D eigenvalue weighted by Gasteiger charge is 2.22. The van der Waals surface area contributed by atoms with Gasteiger partial charge in [-0.25, -0.2) is 9.78 Å². The number of hydrogen-bond donors (Lipinski definition) is 0. The fourth-order valence-corrected chi connectivity index (χ4v) is 3.01. The smallest absolute Gasteiger partial charge is 0.341 e. The fraction of sp³-hybridized carbons (Fsp3) is 0.389. The van der Waals surface area contributed by atoms with E-state index < -0.39 is 0 Å². The highest BCUT2D eigenvalue weighted by atomic mass is 16.5. The quantitative estimate of drug-likeness (QED) is 0.787. The van der Waals surface area contributed by atoms with E-state index in [4.69, 9.17) is 9.15 Å². The van der Waals surface area contributed by atoms with E-state index >= 15 is 0 Å². The van der Waals surface area contributed by atoms with Crippen LogP contribution in [0.3, 0.4) is 0 Å². The molecular formula is C18H20N4O3. The Morgan fingerprint density at radius 2 is 2.16 bits per heavy atom. The molecule has 0 N–H and O–H groups in total. The van der Waals surface area contributed by atoms with Gasteiger partial charge < -0.3 is 14.1 Å². The van der Waals surface area contributed by atoms with Gasteiger partial charge in [-0.3, -0.25) is 4.90 Å². The molecule has 2 aromatic heterocycles. The molecule has 1 aliphatic rings. The second-order valence-electron chi connectivity index (χ2n) is 5.92. The molecule has 0 saturated carbocycles. The van der Waals surface area contributed by atoms with Crippen molar-refractivity contribution in [3.8, 4) is 6.07 Å². The molecule has 25 heavy (non-hydrogen) atoms. The summed E-state index contributed by atoms with van der Waals surface area (Å²) in [7, 11) is 1.36. The van der Waals surface area contributed by atoms with E-state index in [2.05, 4.69) is 20.9 Å². The number of piperazine rings is 1. The SMILES string of the molecule is COC(=O)c1cc(CN2CCN(c3ncccc3C#N)CC2)oc1C. The van der Waals surface area contributed by atoms with Gasteiger partial charge in [0.15, 0.2) is 0 Å². The molecule has 0 atom stereocenters. The van der Waals surface area contributed by atoms with Crippen molar-refractivity contribution < 1.29 is 13.9 Å². The molecule has 1 aliphatic heterocycles. The molecule has 1 saturated heterocycles. The zero-order valence-electron chi connectivity index (χ0n) is 14.4. The van der Waals surface area contributed by atoms with Gasteiger partial charge in [0.25, 0.3) is 0 Å². The summed E-state index contributed by atoms with van der Waals surface area (Å²) in [6.45, 7) is 5.63. The number of hydrogen-bond acceptors (Lipinski definition) is 7. The number of rotatable bonds is 4. The maximum absolute atomic E-state index is 11.7. The van der Waals surface area contributed by atoms with Gasteiger partial charge in [0.05, 0.1) is 19.2 Å². The maximum Gasteiger partial charge on any atom is 0.341 e. The molecule has 1 fully saturated rings. The lowest BCUT2D eigenvalue weighted by Crippen LogP contribution is -2.46. The number of methoxy groups -OCH3 is 1. The van der Waals surface area contributed by atoms with Crippen molar-refractivity contribution in [2.75, 3.05) is 38.2 Å². The summed E-state index contributed by atoms with van der Waals surface area (Å²) in [6, 6.07) is 7.50. The van der Waals surface area contributed by atoms with Gasteiger partial charge in [-0.2, -0.15) is 5.26 Å². The Morgan fingerprint density at radius 3 is 2.84 bits per heavy atom. The number of carbonyl (C=O) groups is 1. The average Bonchev–Trinajstić information content (AvgIpc) is 3.02. The molecule has 2 aromatic rings. The number of nitrogens with zero attached hydrogens (tertiary/aromatic N) is 4. The van der Waals surface area contributed by atoms with Crippen LogP contribution in [0.15, 0.2) is 28.8 Å². The Balaban J connectivity index is 1.62. The number of furan rings is 1. The Bertz CT molecular complexity index is 801. The monoisotopic (exact) mass is 340 g/mol. The van der Waals surface area contributed by atoms with Crippen molar-refractivity contribution in [2.24, 2.45) is 0 Å². The molecule has 0 aliphatic carbocycles. The van der Waals surface area contributed by atoms with Gasteiger partial charge in [0.2, 0.25) is 0 Å². The minimum absolute atomic E-state index is 0.378. The largest absolute Gasteiger partial charge is 0.465 e. The Kier molecular flexibility index (Phi) is 5.00. The van der Waals surface area contributed by atoms with Crippen LogP contribution in [-0.2, 0) is 11.3 Å². The third kappa shape index (κ3) is 3.64. The number of aryl methyl sites for hydroxylation is 1. The van der Waals surface area contributed by atoms with Crippen molar-refractivity contribution in [1.29, 1.82) is 5.26 Å². The van der Waals surface area contributed by atoms with E-state index in [-0.39, 0.29) is 5.97 Å². The van der Waals surface area contributed by atoms with Gasteiger partial charge in [0.1, 0.15) is 29.0 Å². The molecule has 7 nitrogen and oxygen atoms in total. The first-order chi connectivity index (χ1) is 12.1. The third-order valence-corrected chi connectivity index (χ3v) is 4.33.